The number of hydrogen-bond acceptors (Lipinski definition) is 4. The molecule has 0 saturated carbocycles. The number of rotatable bonds is 2. The molecule has 1 aromatic carbocycles. The number of aryl methyl sites for hydroxylation is 1. The highest BCUT2D eigenvalue weighted by atomic mass is 79.9. The van der Waals surface area contributed by atoms with Gasteiger partial charge in [-0.05, 0) is 41.1 Å². The lowest BCUT2D eigenvalue weighted by Crippen LogP contribution is -1.98. The van der Waals surface area contributed by atoms with Gasteiger partial charge in [-0.15, -0.1) is 0 Å². The van der Waals surface area contributed by atoms with Crippen LogP contribution in [0.5, 0.6) is 0 Å². The van der Waals surface area contributed by atoms with Gasteiger partial charge in [0.1, 0.15) is 16.2 Å². The Kier molecular flexibility index (Phi) is 3.80. The highest BCUT2D eigenvalue weighted by molar-refractivity contribution is 9.10. The minimum Gasteiger partial charge on any atom is -0.339 e. The predicted molar refractivity (Wildman–Crippen MR) is 73.9 cm³/mol. The second kappa shape index (κ2) is 5.34. The molecule has 4 nitrogen and oxygen atoms in total. The third-order valence-corrected chi connectivity index (χ3v) is 2.90. The molecule has 1 aromatic heterocycles. The van der Waals surface area contributed by atoms with Crippen LogP contribution < -0.4 is 5.32 Å². The van der Waals surface area contributed by atoms with E-state index >= 15 is 0 Å². The Morgan fingerprint density at radius 3 is 2.78 bits per heavy atom. The average molecular weight is 324 g/mol. The van der Waals surface area contributed by atoms with E-state index in [0.717, 1.165) is 0 Å². The minimum absolute atomic E-state index is 0.529. The quantitative estimate of drug-likeness (QED) is 0.854. The molecule has 2 aromatic rings. The number of benzene rings is 1. The van der Waals surface area contributed by atoms with Gasteiger partial charge < -0.3 is 5.32 Å². The van der Waals surface area contributed by atoms with Crippen molar-refractivity contribution in [3.63, 3.8) is 0 Å². The van der Waals surface area contributed by atoms with E-state index in [0.29, 0.717) is 32.5 Å². The van der Waals surface area contributed by atoms with Crippen molar-refractivity contribution in [2.45, 2.75) is 6.92 Å². The smallest absolute Gasteiger partial charge is 0.135 e. The third-order valence-electron chi connectivity index (χ3n) is 2.16. The molecule has 0 radical (unpaired) electrons. The summed E-state index contributed by atoms with van der Waals surface area (Å²) in [4.78, 5) is 8.34. The zero-order valence-corrected chi connectivity index (χ0v) is 11.7. The van der Waals surface area contributed by atoms with Crippen molar-refractivity contribution >= 4 is 39.0 Å². The summed E-state index contributed by atoms with van der Waals surface area (Å²) < 4.78 is 0.685. The van der Waals surface area contributed by atoms with Gasteiger partial charge >= 0.3 is 0 Å². The van der Waals surface area contributed by atoms with Gasteiger partial charge in [0.2, 0.25) is 0 Å². The normalized spacial score (nSPS) is 9.89. The molecule has 0 aliphatic carbocycles. The average Bonchev–Trinajstić information content (AvgIpc) is 2.30. The summed E-state index contributed by atoms with van der Waals surface area (Å²) in [6.45, 7) is 1.79. The summed E-state index contributed by atoms with van der Waals surface area (Å²) in [5, 5.41) is 12.4. The van der Waals surface area contributed by atoms with Crippen molar-refractivity contribution in [3.05, 3.63) is 45.3 Å². The molecule has 90 valence electrons. The Balaban J connectivity index is 2.36. The van der Waals surface area contributed by atoms with Crippen LogP contribution >= 0.6 is 27.5 Å². The van der Waals surface area contributed by atoms with Crippen LogP contribution in [0.25, 0.3) is 0 Å². The molecule has 18 heavy (non-hydrogen) atoms. The van der Waals surface area contributed by atoms with Crippen LogP contribution in [0, 0.1) is 18.3 Å². The van der Waals surface area contributed by atoms with E-state index in [1.165, 1.54) is 0 Å². The van der Waals surface area contributed by atoms with Gasteiger partial charge in [0, 0.05) is 6.07 Å². The van der Waals surface area contributed by atoms with Crippen molar-refractivity contribution in [1.82, 2.24) is 9.97 Å². The fourth-order valence-corrected chi connectivity index (χ4v) is 2.06. The number of aromatic nitrogens is 2. The van der Waals surface area contributed by atoms with E-state index in [2.05, 4.69) is 37.3 Å². The first-order valence-corrected chi connectivity index (χ1v) is 6.23. The molecular formula is C12H8BrClN4. The van der Waals surface area contributed by atoms with Crippen LogP contribution in [-0.2, 0) is 0 Å². The van der Waals surface area contributed by atoms with E-state index in [1.54, 1.807) is 31.2 Å². The molecule has 0 saturated heterocycles. The molecule has 1 N–H and O–H groups in total. The minimum atomic E-state index is 0.529. The summed E-state index contributed by atoms with van der Waals surface area (Å²) in [6, 6.07) is 8.81. The van der Waals surface area contributed by atoms with Crippen LogP contribution in [0.15, 0.2) is 28.9 Å². The molecule has 0 aliphatic rings. The monoisotopic (exact) mass is 322 g/mol. The zero-order valence-electron chi connectivity index (χ0n) is 9.41. The van der Waals surface area contributed by atoms with Crippen LogP contribution in [0.3, 0.4) is 0 Å². The molecule has 6 heteroatoms. The van der Waals surface area contributed by atoms with Gasteiger partial charge in [-0.1, -0.05) is 11.6 Å². The van der Waals surface area contributed by atoms with E-state index in [4.69, 9.17) is 16.9 Å². The van der Waals surface area contributed by atoms with E-state index in [9.17, 15) is 0 Å². The van der Waals surface area contributed by atoms with Gasteiger partial charge in [-0.2, -0.15) is 5.26 Å². The molecule has 0 bridgehead atoms. The van der Waals surface area contributed by atoms with Gasteiger partial charge in [-0.3, -0.25) is 0 Å². The largest absolute Gasteiger partial charge is 0.339 e. The van der Waals surface area contributed by atoms with Crippen molar-refractivity contribution < 1.29 is 0 Å². The number of nitrogens with one attached hydrogen (secondary N) is 1. The summed E-state index contributed by atoms with van der Waals surface area (Å²) in [7, 11) is 0. The number of nitrogens with zero attached hydrogens (tertiary/aromatic N) is 3. The van der Waals surface area contributed by atoms with Crippen molar-refractivity contribution in [2.75, 3.05) is 5.32 Å². The molecule has 2 rings (SSSR count). The van der Waals surface area contributed by atoms with Crippen molar-refractivity contribution in [3.8, 4) is 6.07 Å². The van der Waals surface area contributed by atoms with Crippen LogP contribution in [0.2, 0.25) is 5.02 Å². The van der Waals surface area contributed by atoms with Gasteiger partial charge in [0.15, 0.2) is 0 Å². The predicted octanol–water partition coefficient (Wildman–Crippen LogP) is 3.82. The Morgan fingerprint density at radius 2 is 2.11 bits per heavy atom. The molecule has 1 heterocycles. The lowest BCUT2D eigenvalue weighted by molar-refractivity contribution is 1.04. The Morgan fingerprint density at radius 1 is 1.33 bits per heavy atom. The number of hydrogen-bond donors (Lipinski definition) is 1. The van der Waals surface area contributed by atoms with E-state index in [-0.39, 0.29) is 0 Å². The lowest BCUT2D eigenvalue weighted by atomic mass is 10.2. The lowest BCUT2D eigenvalue weighted by Gasteiger charge is -2.08. The summed E-state index contributed by atoms with van der Waals surface area (Å²) in [5.41, 5.74) is 1.17. The highest BCUT2D eigenvalue weighted by Gasteiger charge is 2.05. The SMILES string of the molecule is Cc1nc(Br)cc(Nc2cc(C#N)ccc2Cl)n1. The van der Waals surface area contributed by atoms with E-state index in [1.807, 2.05) is 0 Å². The number of halogens is 2. The molecular weight excluding hydrogens is 316 g/mol. The van der Waals surface area contributed by atoms with E-state index < -0.39 is 0 Å². The van der Waals surface area contributed by atoms with Crippen LogP contribution in [-0.4, -0.2) is 9.97 Å². The molecule has 0 fully saturated rings. The second-order valence-electron chi connectivity index (χ2n) is 3.55. The van der Waals surface area contributed by atoms with Crippen LogP contribution in [0.4, 0.5) is 11.5 Å². The van der Waals surface area contributed by atoms with Crippen molar-refractivity contribution in [2.24, 2.45) is 0 Å². The van der Waals surface area contributed by atoms with Gasteiger partial charge in [0.05, 0.1) is 22.3 Å². The zero-order chi connectivity index (χ0) is 13.1. The van der Waals surface area contributed by atoms with Crippen LogP contribution in [0.1, 0.15) is 11.4 Å². The first kappa shape index (κ1) is 12.8. The Labute approximate surface area is 118 Å². The van der Waals surface area contributed by atoms with Gasteiger partial charge in [-0.25, -0.2) is 9.97 Å². The standard InChI is InChI=1S/C12H8BrClN4/c1-7-16-11(13)5-12(17-7)18-10-4-8(6-15)2-3-9(10)14/h2-5H,1H3,(H,16,17,18). The highest BCUT2D eigenvalue weighted by Crippen LogP contribution is 2.26. The first-order chi connectivity index (χ1) is 8.58. The fraction of sp³-hybridized carbons (Fsp3) is 0.0833. The maximum Gasteiger partial charge on any atom is 0.135 e. The topological polar surface area (TPSA) is 61.6 Å². The Hall–Kier alpha value is -1.64. The summed E-state index contributed by atoms with van der Waals surface area (Å²) >= 11 is 9.35. The number of nitriles is 1. The Bertz CT molecular complexity index is 616. The molecule has 0 amide bonds. The third kappa shape index (κ3) is 2.97. The maximum atomic E-state index is 8.85. The number of anilines is 2. The summed E-state index contributed by atoms with van der Waals surface area (Å²) in [6.07, 6.45) is 0. The van der Waals surface area contributed by atoms with Gasteiger partial charge in [0.25, 0.3) is 0 Å². The first-order valence-electron chi connectivity index (χ1n) is 5.06. The summed E-state index contributed by atoms with van der Waals surface area (Å²) in [5.74, 6) is 1.26. The molecule has 0 aliphatic heterocycles. The molecule has 0 unspecified atom stereocenters. The fourth-order valence-electron chi connectivity index (χ4n) is 1.42. The van der Waals surface area contributed by atoms with Crippen molar-refractivity contribution in [1.29, 1.82) is 5.26 Å². The molecule has 0 atom stereocenters. The second-order valence-corrected chi connectivity index (χ2v) is 4.77. The maximum absolute atomic E-state index is 8.85. The molecule has 0 spiro atoms.